The molecule has 104 valence electrons. The molecule has 6 heteroatoms. The zero-order chi connectivity index (χ0) is 13.8. The number of esters is 1. The van der Waals surface area contributed by atoms with Gasteiger partial charge in [0.2, 0.25) is 0 Å². The van der Waals surface area contributed by atoms with E-state index in [0.717, 1.165) is 5.70 Å². The van der Waals surface area contributed by atoms with Gasteiger partial charge in [0, 0.05) is 5.70 Å². The van der Waals surface area contributed by atoms with Crippen LogP contribution < -0.4 is 0 Å². The highest BCUT2D eigenvalue weighted by Crippen LogP contribution is 2.25. The van der Waals surface area contributed by atoms with Gasteiger partial charge in [-0.05, 0) is 25.8 Å². The van der Waals surface area contributed by atoms with Crippen LogP contribution in [0.2, 0.25) is 0 Å². The van der Waals surface area contributed by atoms with Crippen molar-refractivity contribution in [1.82, 2.24) is 4.90 Å². The van der Waals surface area contributed by atoms with Crippen LogP contribution in [-0.4, -0.2) is 47.9 Å². The van der Waals surface area contributed by atoms with E-state index < -0.39 is 12.2 Å². The molecule has 0 spiro atoms. The highest BCUT2D eigenvalue weighted by atomic mass is 16.6. The van der Waals surface area contributed by atoms with Gasteiger partial charge in [0.05, 0.1) is 25.3 Å². The van der Waals surface area contributed by atoms with Gasteiger partial charge in [0.25, 0.3) is 0 Å². The molecule has 1 saturated heterocycles. The first kappa shape index (κ1) is 13.6. The van der Waals surface area contributed by atoms with Crippen molar-refractivity contribution >= 4 is 12.1 Å². The van der Waals surface area contributed by atoms with Gasteiger partial charge in [-0.1, -0.05) is 6.08 Å². The number of hydrogen-bond acceptors (Lipinski definition) is 5. The molecular formula is C13H17NO5. The zero-order valence-corrected chi connectivity index (χ0v) is 10.8. The number of carbonyl (C=O) groups is 2. The molecule has 0 bridgehead atoms. The Morgan fingerprint density at radius 3 is 3.05 bits per heavy atom. The number of amides is 1. The lowest BCUT2D eigenvalue weighted by molar-refractivity contribution is -0.138. The molecule has 1 aliphatic carbocycles. The zero-order valence-electron chi connectivity index (χ0n) is 10.8. The van der Waals surface area contributed by atoms with Crippen LogP contribution in [0.15, 0.2) is 23.4 Å². The van der Waals surface area contributed by atoms with E-state index in [1.54, 1.807) is 19.1 Å². The largest absolute Gasteiger partial charge is 0.462 e. The van der Waals surface area contributed by atoms with E-state index in [1.807, 2.05) is 0 Å². The second kappa shape index (κ2) is 5.88. The maximum atomic E-state index is 11.7. The summed E-state index contributed by atoms with van der Waals surface area (Å²) in [6.45, 7) is 2.18. The molecule has 0 unspecified atom stereocenters. The molecule has 2 aliphatic rings. The van der Waals surface area contributed by atoms with Gasteiger partial charge in [0.1, 0.15) is 6.10 Å². The Balaban J connectivity index is 2.10. The number of nitrogens with zero attached hydrogens (tertiary/aromatic N) is 1. The fraction of sp³-hybridized carbons (Fsp3) is 0.538. The van der Waals surface area contributed by atoms with Crippen molar-refractivity contribution in [3.8, 4) is 0 Å². The summed E-state index contributed by atoms with van der Waals surface area (Å²) in [5.74, 6) is -0.383. The van der Waals surface area contributed by atoms with Crippen molar-refractivity contribution in [1.29, 1.82) is 0 Å². The summed E-state index contributed by atoms with van der Waals surface area (Å²) < 4.78 is 9.92. The normalized spacial score (nSPS) is 22.7. The molecule has 1 amide bonds. The number of cyclic esters (lactones) is 1. The van der Waals surface area contributed by atoms with Crippen LogP contribution in [-0.2, 0) is 14.3 Å². The average molecular weight is 267 g/mol. The lowest BCUT2D eigenvalue weighted by Gasteiger charge is -2.20. The Hall–Kier alpha value is -1.82. The summed E-state index contributed by atoms with van der Waals surface area (Å²) in [6, 6.07) is 0. The Kier molecular flexibility index (Phi) is 4.21. The maximum absolute atomic E-state index is 11.7. The van der Waals surface area contributed by atoms with E-state index in [-0.39, 0.29) is 12.6 Å². The lowest BCUT2D eigenvalue weighted by Crippen LogP contribution is -2.26. The SMILES string of the molecule is CCOC(=O)C1=CCCC(N2C[C@H](CO)OC2=O)=C1. The van der Waals surface area contributed by atoms with E-state index in [1.165, 1.54) is 4.90 Å². The lowest BCUT2D eigenvalue weighted by atomic mass is 10.0. The van der Waals surface area contributed by atoms with Crippen LogP contribution in [0, 0.1) is 0 Å². The Morgan fingerprint density at radius 2 is 2.42 bits per heavy atom. The van der Waals surface area contributed by atoms with E-state index >= 15 is 0 Å². The Labute approximate surface area is 111 Å². The monoisotopic (exact) mass is 267 g/mol. The van der Waals surface area contributed by atoms with Gasteiger partial charge in [0.15, 0.2) is 0 Å². The molecule has 1 atom stereocenters. The van der Waals surface area contributed by atoms with Crippen molar-refractivity contribution in [3.63, 3.8) is 0 Å². The molecule has 0 aromatic heterocycles. The number of carbonyl (C=O) groups excluding carboxylic acids is 2. The van der Waals surface area contributed by atoms with Crippen LogP contribution in [0.25, 0.3) is 0 Å². The number of ether oxygens (including phenoxy) is 2. The summed E-state index contributed by atoms with van der Waals surface area (Å²) >= 11 is 0. The third kappa shape index (κ3) is 2.96. The molecule has 19 heavy (non-hydrogen) atoms. The van der Waals surface area contributed by atoms with Crippen molar-refractivity contribution < 1.29 is 24.2 Å². The Morgan fingerprint density at radius 1 is 1.63 bits per heavy atom. The second-order valence-electron chi connectivity index (χ2n) is 4.35. The van der Waals surface area contributed by atoms with Crippen LogP contribution >= 0.6 is 0 Å². The van der Waals surface area contributed by atoms with Crippen LogP contribution in [0.4, 0.5) is 4.79 Å². The van der Waals surface area contributed by atoms with Gasteiger partial charge in [-0.25, -0.2) is 9.59 Å². The maximum Gasteiger partial charge on any atom is 0.414 e. The van der Waals surface area contributed by atoms with Gasteiger partial charge in [-0.15, -0.1) is 0 Å². The molecule has 1 heterocycles. The quantitative estimate of drug-likeness (QED) is 0.768. The minimum atomic E-state index is -0.495. The molecule has 0 saturated carbocycles. The fourth-order valence-electron chi connectivity index (χ4n) is 2.11. The molecule has 0 aromatic carbocycles. The predicted octanol–water partition coefficient (Wildman–Crippen LogP) is 0.967. The second-order valence-corrected chi connectivity index (χ2v) is 4.35. The molecule has 6 nitrogen and oxygen atoms in total. The predicted molar refractivity (Wildman–Crippen MR) is 66.1 cm³/mol. The van der Waals surface area contributed by atoms with Crippen LogP contribution in [0.5, 0.6) is 0 Å². The molecule has 1 fully saturated rings. The van der Waals surface area contributed by atoms with Crippen LogP contribution in [0.1, 0.15) is 19.8 Å². The minimum Gasteiger partial charge on any atom is -0.462 e. The number of aliphatic hydroxyl groups excluding tert-OH is 1. The highest BCUT2D eigenvalue weighted by molar-refractivity contribution is 5.92. The van der Waals surface area contributed by atoms with Crippen molar-refractivity contribution in [2.45, 2.75) is 25.9 Å². The van der Waals surface area contributed by atoms with Gasteiger partial charge >= 0.3 is 12.1 Å². The first-order valence-electron chi connectivity index (χ1n) is 6.32. The molecule has 1 aliphatic heterocycles. The first-order valence-corrected chi connectivity index (χ1v) is 6.32. The smallest absolute Gasteiger partial charge is 0.414 e. The topological polar surface area (TPSA) is 76.1 Å². The van der Waals surface area contributed by atoms with E-state index in [4.69, 9.17) is 14.6 Å². The van der Waals surface area contributed by atoms with Gasteiger partial charge in [-0.2, -0.15) is 0 Å². The summed E-state index contributed by atoms with van der Waals surface area (Å²) in [5.41, 5.74) is 1.19. The number of aliphatic hydroxyl groups is 1. The van der Waals surface area contributed by atoms with Gasteiger partial charge in [-0.3, -0.25) is 4.90 Å². The van der Waals surface area contributed by atoms with E-state index in [9.17, 15) is 9.59 Å². The molecule has 0 radical (unpaired) electrons. The minimum absolute atomic E-state index is 0.198. The first-order chi connectivity index (χ1) is 9.15. The Bertz CT molecular complexity index is 440. The van der Waals surface area contributed by atoms with Crippen molar-refractivity contribution in [2.75, 3.05) is 19.8 Å². The summed E-state index contributed by atoms with van der Waals surface area (Å²) in [4.78, 5) is 24.8. The molecule has 1 N–H and O–H groups in total. The van der Waals surface area contributed by atoms with E-state index in [0.29, 0.717) is 31.6 Å². The average Bonchev–Trinajstić information content (AvgIpc) is 2.80. The third-order valence-corrected chi connectivity index (χ3v) is 3.02. The third-order valence-electron chi connectivity index (χ3n) is 3.02. The number of allylic oxidation sites excluding steroid dienone is 2. The van der Waals surface area contributed by atoms with Crippen molar-refractivity contribution in [2.24, 2.45) is 0 Å². The van der Waals surface area contributed by atoms with Crippen LogP contribution in [0.3, 0.4) is 0 Å². The fourth-order valence-corrected chi connectivity index (χ4v) is 2.11. The molecule has 0 aromatic rings. The summed E-state index contributed by atoms with van der Waals surface area (Å²) in [6.07, 6.45) is 3.82. The number of hydrogen-bond donors (Lipinski definition) is 1. The molecule has 2 rings (SSSR count). The van der Waals surface area contributed by atoms with E-state index in [2.05, 4.69) is 0 Å². The number of rotatable bonds is 4. The highest BCUT2D eigenvalue weighted by Gasteiger charge is 2.33. The van der Waals surface area contributed by atoms with Gasteiger partial charge < -0.3 is 14.6 Å². The summed E-state index contributed by atoms with van der Waals surface area (Å²) in [5, 5.41) is 9.00. The molecular weight excluding hydrogens is 250 g/mol. The standard InChI is InChI=1S/C13H17NO5/c1-2-18-12(16)9-4-3-5-10(6-9)14-7-11(8-15)19-13(14)17/h4,6,11,15H,2-3,5,7-8H2,1H3/t11-/m1/s1. The van der Waals surface area contributed by atoms with Crippen molar-refractivity contribution in [3.05, 3.63) is 23.4 Å². The summed E-state index contributed by atoms with van der Waals surface area (Å²) in [7, 11) is 0.